The van der Waals surface area contributed by atoms with E-state index in [1.54, 1.807) is 30.5 Å². The maximum absolute atomic E-state index is 13.0. The summed E-state index contributed by atoms with van der Waals surface area (Å²) in [5.74, 6) is -0.0899. The molecule has 0 saturated heterocycles. The van der Waals surface area contributed by atoms with Crippen molar-refractivity contribution >= 4 is 15.9 Å². The summed E-state index contributed by atoms with van der Waals surface area (Å²) in [6.07, 6.45) is 1.05. The first-order valence-electron chi connectivity index (χ1n) is 11.5. The molecule has 0 atom stereocenters. The van der Waals surface area contributed by atoms with Crippen molar-refractivity contribution in [1.82, 2.24) is 20.7 Å². The number of hydrogen-bond donors (Lipinski definition) is 2. The summed E-state index contributed by atoms with van der Waals surface area (Å²) < 4.78 is 31.3. The molecule has 8 nitrogen and oxygen atoms in total. The normalized spacial score (nSPS) is 11.7. The maximum atomic E-state index is 13.0. The number of nitrogens with one attached hydrogen (secondary N) is 2. The van der Waals surface area contributed by atoms with Gasteiger partial charge in [0.15, 0.2) is 9.84 Å². The van der Waals surface area contributed by atoms with E-state index in [0.717, 1.165) is 22.3 Å². The van der Waals surface area contributed by atoms with Crippen LogP contribution in [0.5, 0.6) is 0 Å². The van der Waals surface area contributed by atoms with Crippen LogP contribution in [-0.2, 0) is 33.1 Å². The Balaban J connectivity index is 1.38. The molecule has 9 heteroatoms. The second-order valence-corrected chi connectivity index (χ2v) is 11.1. The van der Waals surface area contributed by atoms with Crippen molar-refractivity contribution in [2.24, 2.45) is 0 Å². The van der Waals surface area contributed by atoms with E-state index in [4.69, 9.17) is 4.74 Å². The highest BCUT2D eigenvalue weighted by Gasteiger charge is 2.31. The molecule has 0 radical (unpaired) electrons. The lowest BCUT2D eigenvalue weighted by Crippen LogP contribution is -2.28. The number of alkyl carbamates (subject to hydrolysis) is 1. The Bertz CT molecular complexity index is 1400. The van der Waals surface area contributed by atoms with Gasteiger partial charge in [-0.2, -0.15) is 15.4 Å². The number of hydrogen-bond acceptors (Lipinski definition) is 6. The highest BCUT2D eigenvalue weighted by atomic mass is 32.2. The number of nitrogens with zero attached hydrogens (tertiary/aromatic N) is 2. The van der Waals surface area contributed by atoms with Crippen molar-refractivity contribution in [1.29, 1.82) is 0 Å². The van der Waals surface area contributed by atoms with Crippen molar-refractivity contribution in [3.05, 3.63) is 102 Å². The van der Waals surface area contributed by atoms with E-state index >= 15 is 0 Å². The first kappa shape index (κ1) is 25.1. The predicted molar refractivity (Wildman–Crippen MR) is 137 cm³/mol. The van der Waals surface area contributed by atoms with Crippen LogP contribution in [0, 0.1) is 0 Å². The lowest BCUT2D eigenvalue weighted by Gasteiger charge is -2.21. The number of rotatable bonds is 9. The standard InChI is InChI=1S/C27H28N4O4S/c1-27(2,25-17-29-31-30-25)19-36(33,34)24-13-11-22(12-14-24)23-10-6-9-21(15-23)16-28-26(32)35-18-20-7-4-3-5-8-20/h3-15,17H,16,18-19H2,1-2H3,(H,28,32)(H,29,30,31). The average molecular weight is 505 g/mol. The van der Waals surface area contributed by atoms with Gasteiger partial charge in [0, 0.05) is 12.0 Å². The van der Waals surface area contributed by atoms with E-state index in [0.29, 0.717) is 12.2 Å². The molecule has 186 valence electrons. The number of aromatic nitrogens is 3. The largest absolute Gasteiger partial charge is 0.445 e. The average Bonchev–Trinajstić information content (AvgIpc) is 3.43. The van der Waals surface area contributed by atoms with Gasteiger partial charge in [-0.3, -0.25) is 0 Å². The van der Waals surface area contributed by atoms with Gasteiger partial charge in [-0.15, -0.1) is 0 Å². The van der Waals surface area contributed by atoms with Gasteiger partial charge in [0.05, 0.1) is 22.5 Å². The fraction of sp³-hybridized carbons (Fsp3) is 0.222. The second-order valence-electron chi connectivity index (χ2n) is 9.14. The molecule has 0 aliphatic heterocycles. The maximum Gasteiger partial charge on any atom is 0.407 e. The highest BCUT2D eigenvalue weighted by molar-refractivity contribution is 7.91. The fourth-order valence-electron chi connectivity index (χ4n) is 3.82. The molecule has 1 amide bonds. The third-order valence-electron chi connectivity index (χ3n) is 5.78. The minimum atomic E-state index is -3.54. The van der Waals surface area contributed by atoms with Crippen molar-refractivity contribution in [3.63, 3.8) is 0 Å². The van der Waals surface area contributed by atoms with Crippen molar-refractivity contribution < 1.29 is 17.9 Å². The van der Waals surface area contributed by atoms with Crippen LogP contribution in [0.4, 0.5) is 4.79 Å². The number of aromatic amines is 1. The molecule has 36 heavy (non-hydrogen) atoms. The van der Waals surface area contributed by atoms with Crippen LogP contribution in [0.25, 0.3) is 11.1 Å². The van der Waals surface area contributed by atoms with Gasteiger partial charge in [-0.05, 0) is 40.5 Å². The molecule has 0 aliphatic rings. The van der Waals surface area contributed by atoms with Gasteiger partial charge < -0.3 is 10.1 Å². The van der Waals surface area contributed by atoms with Gasteiger partial charge in [0.2, 0.25) is 0 Å². The number of ether oxygens (including phenoxy) is 1. The summed E-state index contributed by atoms with van der Waals surface area (Å²) in [6.45, 7) is 4.17. The molecule has 0 fully saturated rings. The second kappa shape index (κ2) is 10.7. The Kier molecular flexibility index (Phi) is 7.49. The third kappa shape index (κ3) is 6.37. The Labute approximate surface area is 210 Å². The molecule has 3 aromatic carbocycles. The molecule has 1 heterocycles. The summed E-state index contributed by atoms with van der Waals surface area (Å²) in [6, 6.07) is 24.0. The molecule has 0 unspecified atom stereocenters. The van der Waals surface area contributed by atoms with E-state index in [1.165, 1.54) is 0 Å². The van der Waals surface area contributed by atoms with Gasteiger partial charge in [0.25, 0.3) is 0 Å². The summed E-state index contributed by atoms with van der Waals surface area (Å²) in [7, 11) is -3.54. The smallest absolute Gasteiger partial charge is 0.407 e. The number of carbonyl (C=O) groups is 1. The lowest BCUT2D eigenvalue weighted by atomic mass is 9.93. The van der Waals surface area contributed by atoms with Crippen LogP contribution in [0.2, 0.25) is 0 Å². The van der Waals surface area contributed by atoms with Gasteiger partial charge in [0.1, 0.15) is 6.61 Å². The molecule has 0 spiro atoms. The Morgan fingerprint density at radius 2 is 1.67 bits per heavy atom. The zero-order valence-electron chi connectivity index (χ0n) is 20.1. The monoisotopic (exact) mass is 504 g/mol. The number of carbonyl (C=O) groups excluding carboxylic acids is 1. The van der Waals surface area contributed by atoms with Gasteiger partial charge in [-0.25, -0.2) is 13.2 Å². The molecule has 0 aliphatic carbocycles. The van der Waals surface area contributed by atoms with Crippen molar-refractivity contribution in [3.8, 4) is 11.1 Å². The van der Waals surface area contributed by atoms with Crippen LogP contribution in [0.15, 0.2) is 90.0 Å². The van der Waals surface area contributed by atoms with Crippen LogP contribution < -0.4 is 5.32 Å². The molecule has 4 rings (SSSR count). The first-order valence-corrected chi connectivity index (χ1v) is 13.1. The van der Waals surface area contributed by atoms with Crippen molar-refractivity contribution in [2.45, 2.75) is 37.3 Å². The van der Waals surface area contributed by atoms with E-state index in [-0.39, 0.29) is 17.3 Å². The number of benzene rings is 3. The van der Waals surface area contributed by atoms with E-state index in [1.807, 2.05) is 68.4 Å². The van der Waals surface area contributed by atoms with Gasteiger partial charge in [-0.1, -0.05) is 74.5 Å². The number of amides is 1. The summed E-state index contributed by atoms with van der Waals surface area (Å²) >= 11 is 0. The molecule has 1 aromatic heterocycles. The van der Waals surface area contributed by atoms with E-state index in [9.17, 15) is 13.2 Å². The SMILES string of the molecule is CC(C)(CS(=O)(=O)c1ccc(-c2cccc(CNC(=O)OCc3ccccc3)c2)cc1)c1cn[nH]n1. The van der Waals surface area contributed by atoms with E-state index in [2.05, 4.69) is 20.7 Å². The topological polar surface area (TPSA) is 114 Å². The van der Waals surface area contributed by atoms with Gasteiger partial charge >= 0.3 is 6.09 Å². The van der Waals surface area contributed by atoms with Crippen molar-refractivity contribution in [2.75, 3.05) is 5.75 Å². The zero-order chi connectivity index (χ0) is 25.6. The Morgan fingerprint density at radius 1 is 0.944 bits per heavy atom. The lowest BCUT2D eigenvalue weighted by molar-refractivity contribution is 0.139. The molecular weight excluding hydrogens is 476 g/mol. The van der Waals surface area contributed by atoms with Crippen LogP contribution >= 0.6 is 0 Å². The predicted octanol–water partition coefficient (Wildman–Crippen LogP) is 4.65. The zero-order valence-corrected chi connectivity index (χ0v) is 21.0. The van der Waals surface area contributed by atoms with E-state index < -0.39 is 21.3 Å². The molecule has 0 bridgehead atoms. The highest BCUT2D eigenvalue weighted by Crippen LogP contribution is 2.28. The van der Waals surface area contributed by atoms with Crippen LogP contribution in [0.3, 0.4) is 0 Å². The third-order valence-corrected chi connectivity index (χ3v) is 7.87. The minimum absolute atomic E-state index is 0.0899. The Morgan fingerprint density at radius 3 is 2.36 bits per heavy atom. The summed E-state index contributed by atoms with van der Waals surface area (Å²) in [4.78, 5) is 12.3. The van der Waals surface area contributed by atoms with Crippen LogP contribution in [-0.4, -0.2) is 35.7 Å². The minimum Gasteiger partial charge on any atom is -0.445 e. The van der Waals surface area contributed by atoms with Crippen LogP contribution in [0.1, 0.15) is 30.7 Å². The first-order chi connectivity index (χ1) is 17.2. The quantitative estimate of drug-likeness (QED) is 0.343. The molecule has 4 aromatic rings. The molecule has 2 N–H and O–H groups in total. The Hall–Kier alpha value is -3.98. The fourth-order valence-corrected chi connectivity index (χ4v) is 5.64. The summed E-state index contributed by atoms with van der Waals surface area (Å²) in [5, 5.41) is 13.1. The molecular formula is C27H28N4O4S. The number of H-pyrrole nitrogens is 1. The molecule has 0 saturated carbocycles. The summed E-state index contributed by atoms with van der Waals surface area (Å²) in [5.41, 5.74) is 3.51. The number of sulfone groups is 1.